The van der Waals surface area contributed by atoms with Crippen molar-refractivity contribution in [3.8, 4) is 0 Å². The van der Waals surface area contributed by atoms with E-state index in [1.807, 2.05) is 23.1 Å². The molecule has 0 spiro atoms. The Hall–Kier alpha value is -2.04. The number of hydrogen-bond acceptors (Lipinski definition) is 2. The van der Waals surface area contributed by atoms with Gasteiger partial charge in [0.25, 0.3) is 0 Å². The molecule has 0 bridgehead atoms. The summed E-state index contributed by atoms with van der Waals surface area (Å²) < 4.78 is 0. The zero-order valence-electron chi connectivity index (χ0n) is 11.4. The fourth-order valence-electron chi connectivity index (χ4n) is 2.58. The molecule has 2 rings (SSSR count). The van der Waals surface area contributed by atoms with Gasteiger partial charge in [0.15, 0.2) is 0 Å². The quantitative estimate of drug-likeness (QED) is 0.862. The van der Waals surface area contributed by atoms with Crippen LogP contribution in [0, 0.1) is 0 Å². The van der Waals surface area contributed by atoms with E-state index >= 15 is 0 Å². The van der Waals surface area contributed by atoms with Crippen molar-refractivity contribution in [3.63, 3.8) is 0 Å². The molecule has 1 heterocycles. The molecule has 0 radical (unpaired) electrons. The standard InChI is InChI=1S/C15H20N2O3/c18-14(19)8-9-16-15(20)17-10-4-7-13(17)11-12-5-2-1-3-6-12/h1-3,5-6,13H,4,7-11H2,(H,16,20)(H,18,19). The molecule has 1 aromatic carbocycles. The van der Waals surface area contributed by atoms with Crippen molar-refractivity contribution in [2.75, 3.05) is 13.1 Å². The van der Waals surface area contributed by atoms with Crippen LogP contribution in [0.25, 0.3) is 0 Å². The molecule has 1 saturated heterocycles. The van der Waals surface area contributed by atoms with E-state index in [-0.39, 0.29) is 25.0 Å². The Morgan fingerprint density at radius 3 is 2.75 bits per heavy atom. The Morgan fingerprint density at radius 1 is 1.30 bits per heavy atom. The lowest BCUT2D eigenvalue weighted by atomic mass is 10.0. The number of nitrogens with zero attached hydrogens (tertiary/aromatic N) is 1. The zero-order chi connectivity index (χ0) is 14.4. The van der Waals surface area contributed by atoms with Crippen molar-refractivity contribution in [2.45, 2.75) is 31.7 Å². The van der Waals surface area contributed by atoms with Crippen molar-refractivity contribution < 1.29 is 14.7 Å². The number of amides is 2. The van der Waals surface area contributed by atoms with Gasteiger partial charge in [0.1, 0.15) is 0 Å². The summed E-state index contributed by atoms with van der Waals surface area (Å²) in [5.41, 5.74) is 1.22. The van der Waals surface area contributed by atoms with E-state index in [1.165, 1.54) is 5.56 Å². The van der Waals surface area contributed by atoms with Crippen LogP contribution in [0.5, 0.6) is 0 Å². The minimum atomic E-state index is -0.896. The van der Waals surface area contributed by atoms with Crippen LogP contribution in [-0.2, 0) is 11.2 Å². The van der Waals surface area contributed by atoms with E-state index in [9.17, 15) is 9.59 Å². The van der Waals surface area contributed by atoms with Gasteiger partial charge in [-0.3, -0.25) is 4.79 Å². The van der Waals surface area contributed by atoms with E-state index in [2.05, 4.69) is 17.4 Å². The topological polar surface area (TPSA) is 69.6 Å². The summed E-state index contributed by atoms with van der Waals surface area (Å²) in [6.45, 7) is 0.930. The first kappa shape index (κ1) is 14.4. The summed E-state index contributed by atoms with van der Waals surface area (Å²) in [6, 6.07) is 10.2. The number of rotatable bonds is 5. The Balaban J connectivity index is 1.87. The zero-order valence-corrected chi connectivity index (χ0v) is 11.4. The van der Waals surface area contributed by atoms with Crippen LogP contribution >= 0.6 is 0 Å². The van der Waals surface area contributed by atoms with Gasteiger partial charge in [0.05, 0.1) is 6.42 Å². The van der Waals surface area contributed by atoms with Crippen molar-refractivity contribution in [2.24, 2.45) is 0 Å². The van der Waals surface area contributed by atoms with Crippen LogP contribution in [0.15, 0.2) is 30.3 Å². The third kappa shape index (κ3) is 3.98. The molecule has 1 atom stereocenters. The molecule has 20 heavy (non-hydrogen) atoms. The van der Waals surface area contributed by atoms with Gasteiger partial charge in [-0.2, -0.15) is 0 Å². The average Bonchev–Trinajstić information content (AvgIpc) is 2.87. The predicted molar refractivity (Wildman–Crippen MR) is 75.5 cm³/mol. The summed E-state index contributed by atoms with van der Waals surface area (Å²) in [5, 5.41) is 11.3. The van der Waals surface area contributed by atoms with Gasteiger partial charge in [-0.25, -0.2) is 4.79 Å². The number of nitrogens with one attached hydrogen (secondary N) is 1. The first-order valence-corrected chi connectivity index (χ1v) is 6.97. The van der Waals surface area contributed by atoms with Gasteiger partial charge in [0, 0.05) is 19.1 Å². The van der Waals surface area contributed by atoms with Gasteiger partial charge < -0.3 is 15.3 Å². The second-order valence-corrected chi connectivity index (χ2v) is 5.05. The highest BCUT2D eigenvalue weighted by atomic mass is 16.4. The van der Waals surface area contributed by atoms with E-state index in [0.29, 0.717) is 0 Å². The third-order valence-electron chi connectivity index (χ3n) is 3.57. The Bertz CT molecular complexity index is 461. The molecule has 0 aliphatic carbocycles. The number of carboxylic acid groups (broad SMARTS) is 1. The Labute approximate surface area is 118 Å². The number of carbonyl (C=O) groups is 2. The largest absolute Gasteiger partial charge is 0.481 e. The molecule has 2 amide bonds. The maximum Gasteiger partial charge on any atom is 0.317 e. The maximum absolute atomic E-state index is 12.0. The number of aliphatic carboxylic acids is 1. The SMILES string of the molecule is O=C(O)CCNC(=O)N1CCCC1Cc1ccccc1. The first-order valence-electron chi connectivity index (χ1n) is 6.97. The molecule has 0 aromatic heterocycles. The molecule has 1 fully saturated rings. The molecule has 1 aliphatic heterocycles. The molecule has 1 unspecified atom stereocenters. The molecule has 5 nitrogen and oxygen atoms in total. The van der Waals surface area contributed by atoms with E-state index in [4.69, 9.17) is 5.11 Å². The van der Waals surface area contributed by atoms with E-state index < -0.39 is 5.97 Å². The smallest absolute Gasteiger partial charge is 0.317 e. The Kier molecular flexibility index (Phi) is 4.98. The van der Waals surface area contributed by atoms with Crippen LogP contribution in [0.1, 0.15) is 24.8 Å². The van der Waals surface area contributed by atoms with Crippen molar-refractivity contribution in [1.82, 2.24) is 10.2 Å². The molecular formula is C15H20N2O3. The second kappa shape index (κ2) is 6.93. The number of benzene rings is 1. The minimum Gasteiger partial charge on any atom is -0.481 e. The number of urea groups is 1. The van der Waals surface area contributed by atoms with Crippen molar-refractivity contribution in [3.05, 3.63) is 35.9 Å². The van der Waals surface area contributed by atoms with E-state index in [1.54, 1.807) is 0 Å². The van der Waals surface area contributed by atoms with Crippen LogP contribution in [-0.4, -0.2) is 41.1 Å². The molecule has 108 valence electrons. The van der Waals surface area contributed by atoms with Crippen LogP contribution in [0.3, 0.4) is 0 Å². The monoisotopic (exact) mass is 276 g/mol. The molecule has 1 aliphatic rings. The summed E-state index contributed by atoms with van der Waals surface area (Å²) in [4.78, 5) is 24.3. The fourth-order valence-corrected chi connectivity index (χ4v) is 2.58. The minimum absolute atomic E-state index is 0.0388. The van der Waals surface area contributed by atoms with Crippen molar-refractivity contribution in [1.29, 1.82) is 0 Å². The lowest BCUT2D eigenvalue weighted by molar-refractivity contribution is -0.136. The highest BCUT2D eigenvalue weighted by Gasteiger charge is 2.28. The normalized spacial score (nSPS) is 18.0. The van der Waals surface area contributed by atoms with Crippen molar-refractivity contribution >= 4 is 12.0 Å². The highest BCUT2D eigenvalue weighted by Crippen LogP contribution is 2.21. The number of hydrogen-bond donors (Lipinski definition) is 2. The summed E-state index contributed by atoms with van der Waals surface area (Å²) in [7, 11) is 0. The average molecular weight is 276 g/mol. The maximum atomic E-state index is 12.0. The van der Waals surface area contributed by atoms with Gasteiger partial charge in [0.2, 0.25) is 0 Å². The van der Waals surface area contributed by atoms with Crippen LogP contribution in [0.4, 0.5) is 4.79 Å². The first-order chi connectivity index (χ1) is 9.66. The number of carboxylic acids is 1. The molecular weight excluding hydrogens is 256 g/mol. The van der Waals surface area contributed by atoms with Gasteiger partial charge in [-0.1, -0.05) is 30.3 Å². The Morgan fingerprint density at radius 2 is 2.05 bits per heavy atom. The van der Waals surface area contributed by atoms with E-state index in [0.717, 1.165) is 25.8 Å². The molecule has 0 saturated carbocycles. The number of likely N-dealkylation sites (tertiary alicyclic amines) is 1. The molecule has 2 N–H and O–H groups in total. The van der Waals surface area contributed by atoms with Gasteiger partial charge in [-0.15, -0.1) is 0 Å². The van der Waals surface area contributed by atoms with Gasteiger partial charge in [-0.05, 0) is 24.8 Å². The van der Waals surface area contributed by atoms with Crippen LogP contribution in [0.2, 0.25) is 0 Å². The second-order valence-electron chi connectivity index (χ2n) is 5.05. The lowest BCUT2D eigenvalue weighted by Gasteiger charge is -2.25. The predicted octanol–water partition coefficient (Wildman–Crippen LogP) is 1.88. The summed E-state index contributed by atoms with van der Waals surface area (Å²) >= 11 is 0. The molecule has 1 aromatic rings. The number of carbonyl (C=O) groups excluding carboxylic acids is 1. The van der Waals surface area contributed by atoms with Gasteiger partial charge >= 0.3 is 12.0 Å². The summed E-state index contributed by atoms with van der Waals surface area (Å²) in [6.07, 6.45) is 2.82. The fraction of sp³-hybridized carbons (Fsp3) is 0.467. The highest BCUT2D eigenvalue weighted by molar-refractivity contribution is 5.75. The van der Waals surface area contributed by atoms with Crippen LogP contribution < -0.4 is 5.32 Å². The summed E-state index contributed by atoms with van der Waals surface area (Å²) in [5.74, 6) is -0.896. The lowest BCUT2D eigenvalue weighted by Crippen LogP contribution is -2.44. The molecule has 5 heteroatoms. The third-order valence-corrected chi connectivity index (χ3v) is 3.57.